The minimum absolute atomic E-state index is 0.0371. The van der Waals surface area contributed by atoms with Gasteiger partial charge in [0.25, 0.3) is 0 Å². The molecule has 0 radical (unpaired) electrons. The fourth-order valence-corrected chi connectivity index (χ4v) is 4.29. The Morgan fingerprint density at radius 1 is 1.06 bits per heavy atom. The third-order valence-corrected chi connectivity index (χ3v) is 5.21. The van der Waals surface area contributed by atoms with Gasteiger partial charge < -0.3 is 14.8 Å². The van der Waals surface area contributed by atoms with Gasteiger partial charge in [-0.05, 0) is 33.1 Å². The predicted octanol–water partition coefficient (Wildman–Crippen LogP) is 2.35. The molecule has 1 N–H and O–H groups in total. The minimum Gasteiger partial charge on any atom is -0.377 e. The third kappa shape index (κ3) is 2.00. The van der Waals surface area contributed by atoms with Crippen molar-refractivity contribution < 1.29 is 9.47 Å². The van der Waals surface area contributed by atoms with Gasteiger partial charge in [-0.3, -0.25) is 0 Å². The molecule has 3 fully saturated rings. The zero-order valence-corrected chi connectivity index (χ0v) is 12.2. The van der Waals surface area contributed by atoms with Gasteiger partial charge >= 0.3 is 0 Å². The van der Waals surface area contributed by atoms with Crippen LogP contribution in [-0.4, -0.2) is 37.0 Å². The van der Waals surface area contributed by atoms with Crippen molar-refractivity contribution in [3.8, 4) is 0 Å². The molecule has 3 nitrogen and oxygen atoms in total. The highest BCUT2D eigenvalue weighted by atomic mass is 16.5. The summed E-state index contributed by atoms with van der Waals surface area (Å²) in [5.74, 6) is 0.742. The lowest BCUT2D eigenvalue weighted by molar-refractivity contribution is -0.125. The Labute approximate surface area is 111 Å². The standard InChI is InChI=1S/C15H27NO2/c1-14(2)9-10(5-8-18-14)16-12-11-6-7-17-13(11)15(12,3)4/h10-13,16H,5-9H2,1-4H3. The topological polar surface area (TPSA) is 30.5 Å². The fraction of sp³-hybridized carbons (Fsp3) is 1.00. The first-order valence-corrected chi connectivity index (χ1v) is 7.42. The van der Waals surface area contributed by atoms with Gasteiger partial charge in [0, 0.05) is 36.6 Å². The van der Waals surface area contributed by atoms with Crippen LogP contribution in [0.4, 0.5) is 0 Å². The molecule has 0 amide bonds. The van der Waals surface area contributed by atoms with Gasteiger partial charge in [0.1, 0.15) is 0 Å². The van der Waals surface area contributed by atoms with Gasteiger partial charge in [-0.15, -0.1) is 0 Å². The summed E-state index contributed by atoms with van der Waals surface area (Å²) in [6, 6.07) is 1.24. The summed E-state index contributed by atoms with van der Waals surface area (Å²) in [5.41, 5.74) is 0.332. The van der Waals surface area contributed by atoms with Crippen molar-refractivity contribution in [1.29, 1.82) is 0 Å². The molecule has 0 aromatic carbocycles. The molecule has 3 aliphatic rings. The van der Waals surface area contributed by atoms with Crippen LogP contribution in [0, 0.1) is 11.3 Å². The van der Waals surface area contributed by atoms with Crippen LogP contribution >= 0.6 is 0 Å². The average molecular weight is 253 g/mol. The molecule has 4 unspecified atom stereocenters. The maximum absolute atomic E-state index is 5.86. The Hall–Kier alpha value is -0.120. The van der Waals surface area contributed by atoms with E-state index in [9.17, 15) is 0 Å². The first-order chi connectivity index (χ1) is 8.40. The van der Waals surface area contributed by atoms with E-state index in [1.54, 1.807) is 0 Å². The maximum Gasteiger partial charge on any atom is 0.0685 e. The van der Waals surface area contributed by atoms with E-state index in [-0.39, 0.29) is 5.60 Å². The largest absolute Gasteiger partial charge is 0.377 e. The molecule has 104 valence electrons. The predicted molar refractivity (Wildman–Crippen MR) is 71.6 cm³/mol. The molecule has 2 heterocycles. The lowest BCUT2D eigenvalue weighted by atomic mass is 9.57. The number of rotatable bonds is 2. The quantitative estimate of drug-likeness (QED) is 0.819. The zero-order chi connectivity index (χ0) is 13.0. The number of ether oxygens (including phenoxy) is 2. The van der Waals surface area contributed by atoms with E-state index in [4.69, 9.17) is 9.47 Å². The summed E-state index contributed by atoms with van der Waals surface area (Å²) in [4.78, 5) is 0. The van der Waals surface area contributed by atoms with Crippen molar-refractivity contribution in [1.82, 2.24) is 5.32 Å². The fourth-order valence-electron chi connectivity index (χ4n) is 4.29. The number of hydrogen-bond donors (Lipinski definition) is 1. The van der Waals surface area contributed by atoms with Crippen LogP contribution < -0.4 is 5.32 Å². The van der Waals surface area contributed by atoms with E-state index in [1.807, 2.05) is 0 Å². The number of nitrogens with one attached hydrogen (secondary N) is 1. The summed E-state index contributed by atoms with van der Waals surface area (Å²) in [7, 11) is 0. The maximum atomic E-state index is 5.86. The Balaban J connectivity index is 1.63. The first-order valence-electron chi connectivity index (χ1n) is 7.42. The highest BCUT2D eigenvalue weighted by Crippen LogP contribution is 2.52. The van der Waals surface area contributed by atoms with Gasteiger partial charge in [-0.2, -0.15) is 0 Å². The van der Waals surface area contributed by atoms with E-state index in [1.165, 1.54) is 6.42 Å². The van der Waals surface area contributed by atoms with Crippen LogP contribution in [-0.2, 0) is 9.47 Å². The van der Waals surface area contributed by atoms with Crippen LogP contribution in [0.2, 0.25) is 0 Å². The summed E-state index contributed by atoms with van der Waals surface area (Å²) < 4.78 is 11.7. The molecule has 2 saturated heterocycles. The van der Waals surface area contributed by atoms with E-state index < -0.39 is 0 Å². The molecule has 18 heavy (non-hydrogen) atoms. The Bertz CT molecular complexity index is 326. The highest BCUT2D eigenvalue weighted by molar-refractivity contribution is 5.12. The van der Waals surface area contributed by atoms with Crippen molar-refractivity contribution >= 4 is 0 Å². The molecule has 0 bridgehead atoms. The molecule has 1 saturated carbocycles. The van der Waals surface area contributed by atoms with Gasteiger partial charge in [0.2, 0.25) is 0 Å². The highest BCUT2D eigenvalue weighted by Gasteiger charge is 2.59. The van der Waals surface area contributed by atoms with Crippen LogP contribution in [0.25, 0.3) is 0 Å². The summed E-state index contributed by atoms with van der Waals surface area (Å²) in [5, 5.41) is 3.91. The van der Waals surface area contributed by atoms with Crippen LogP contribution in [0.15, 0.2) is 0 Å². The molecule has 1 aliphatic carbocycles. The first kappa shape index (κ1) is 12.9. The van der Waals surface area contributed by atoms with E-state index in [2.05, 4.69) is 33.0 Å². The summed E-state index contributed by atoms with van der Waals surface area (Å²) >= 11 is 0. The van der Waals surface area contributed by atoms with Crippen LogP contribution in [0.5, 0.6) is 0 Å². The van der Waals surface area contributed by atoms with Crippen molar-refractivity contribution in [2.24, 2.45) is 11.3 Å². The molecule has 2 aliphatic heterocycles. The monoisotopic (exact) mass is 253 g/mol. The smallest absolute Gasteiger partial charge is 0.0685 e. The lowest BCUT2D eigenvalue weighted by Gasteiger charge is -2.56. The summed E-state index contributed by atoms with van der Waals surface area (Å²) in [6.45, 7) is 10.9. The Kier molecular flexibility index (Phi) is 3.00. The molecule has 0 aromatic rings. The SMILES string of the molecule is CC1(C)CC(NC2C3CCOC3C2(C)C)CCO1. The second-order valence-electron chi connectivity index (χ2n) is 7.51. The van der Waals surface area contributed by atoms with Crippen molar-refractivity contribution in [2.75, 3.05) is 13.2 Å². The molecule has 3 rings (SSSR count). The second-order valence-corrected chi connectivity index (χ2v) is 7.51. The molecular formula is C15H27NO2. The van der Waals surface area contributed by atoms with Gasteiger partial charge in [0.15, 0.2) is 0 Å². The van der Waals surface area contributed by atoms with Crippen molar-refractivity contribution in [2.45, 2.75) is 70.7 Å². The Morgan fingerprint density at radius 3 is 2.56 bits per heavy atom. The van der Waals surface area contributed by atoms with Gasteiger partial charge in [-0.25, -0.2) is 0 Å². The van der Waals surface area contributed by atoms with E-state index >= 15 is 0 Å². The van der Waals surface area contributed by atoms with Gasteiger partial charge in [-0.1, -0.05) is 13.8 Å². The molecule has 0 aromatic heterocycles. The zero-order valence-electron chi connectivity index (χ0n) is 12.2. The van der Waals surface area contributed by atoms with E-state index in [0.717, 1.165) is 32.0 Å². The molecular weight excluding hydrogens is 226 g/mol. The van der Waals surface area contributed by atoms with Crippen molar-refractivity contribution in [3.05, 3.63) is 0 Å². The molecule has 0 spiro atoms. The number of hydrogen-bond acceptors (Lipinski definition) is 3. The van der Waals surface area contributed by atoms with Crippen LogP contribution in [0.1, 0.15) is 47.0 Å². The van der Waals surface area contributed by atoms with Crippen LogP contribution in [0.3, 0.4) is 0 Å². The normalized spacial score (nSPS) is 45.3. The number of fused-ring (bicyclic) bond motifs is 1. The summed E-state index contributed by atoms with van der Waals surface area (Å²) in [6.07, 6.45) is 3.99. The van der Waals surface area contributed by atoms with E-state index in [0.29, 0.717) is 23.6 Å². The third-order valence-electron chi connectivity index (χ3n) is 5.21. The lowest BCUT2D eigenvalue weighted by Crippen LogP contribution is -2.68. The second kappa shape index (κ2) is 4.19. The van der Waals surface area contributed by atoms with Gasteiger partial charge in [0.05, 0.1) is 11.7 Å². The Morgan fingerprint density at radius 2 is 1.83 bits per heavy atom. The molecule has 3 heteroatoms. The molecule has 4 atom stereocenters. The minimum atomic E-state index is 0.0371. The van der Waals surface area contributed by atoms with Crippen molar-refractivity contribution in [3.63, 3.8) is 0 Å². The average Bonchev–Trinajstić information content (AvgIpc) is 2.71.